The minimum atomic E-state index is -0.187. The summed E-state index contributed by atoms with van der Waals surface area (Å²) in [4.78, 5) is 16.8. The lowest BCUT2D eigenvalue weighted by Gasteiger charge is -2.29. The molecule has 0 spiro atoms. The Morgan fingerprint density at radius 1 is 1.16 bits per heavy atom. The van der Waals surface area contributed by atoms with Crippen LogP contribution in [0.15, 0.2) is 67.6 Å². The van der Waals surface area contributed by atoms with E-state index in [0.717, 1.165) is 28.8 Å². The summed E-state index contributed by atoms with van der Waals surface area (Å²) in [5, 5.41) is 2.59. The summed E-state index contributed by atoms with van der Waals surface area (Å²) < 4.78 is 18.8. The Morgan fingerprint density at radius 3 is 2.84 bits per heavy atom. The fourth-order valence-electron chi connectivity index (χ4n) is 3.72. The van der Waals surface area contributed by atoms with Crippen molar-refractivity contribution in [2.24, 2.45) is 0 Å². The van der Waals surface area contributed by atoms with E-state index in [1.165, 1.54) is 4.88 Å². The summed E-state index contributed by atoms with van der Waals surface area (Å²) in [5.41, 5.74) is 1.29. The molecule has 0 aliphatic carbocycles. The van der Waals surface area contributed by atoms with Crippen LogP contribution in [-0.4, -0.2) is 18.2 Å². The number of benzene rings is 2. The van der Waals surface area contributed by atoms with Gasteiger partial charge < -0.3 is 13.9 Å². The van der Waals surface area contributed by atoms with Crippen molar-refractivity contribution in [3.8, 4) is 17.2 Å². The van der Waals surface area contributed by atoms with E-state index in [4.69, 9.17) is 13.9 Å². The van der Waals surface area contributed by atoms with E-state index in [0.29, 0.717) is 35.8 Å². The molecular weight excluding hydrogens is 478 g/mol. The lowest BCUT2D eigenvalue weighted by Crippen LogP contribution is -2.33. The highest BCUT2D eigenvalue weighted by Crippen LogP contribution is 2.35. The summed E-state index contributed by atoms with van der Waals surface area (Å²) in [6.45, 7) is 3.83. The van der Waals surface area contributed by atoms with Crippen LogP contribution in [0.25, 0.3) is 11.0 Å². The van der Waals surface area contributed by atoms with Crippen LogP contribution in [0.3, 0.4) is 0 Å². The number of hydrogen-bond donors (Lipinski definition) is 0. The van der Waals surface area contributed by atoms with Crippen molar-refractivity contribution in [3.05, 3.63) is 84.8 Å². The third kappa shape index (κ3) is 4.01. The van der Waals surface area contributed by atoms with Gasteiger partial charge in [0, 0.05) is 18.0 Å². The lowest BCUT2D eigenvalue weighted by molar-refractivity contribution is 0.0969. The summed E-state index contributed by atoms with van der Waals surface area (Å²) in [7, 11) is 0. The third-order valence-electron chi connectivity index (χ3n) is 5.33. The van der Waals surface area contributed by atoms with Gasteiger partial charge in [-0.1, -0.05) is 18.2 Å². The van der Waals surface area contributed by atoms with Crippen LogP contribution in [-0.2, 0) is 13.0 Å². The Balaban J connectivity index is 1.48. The maximum Gasteiger partial charge on any atom is 0.235 e. The van der Waals surface area contributed by atoms with Gasteiger partial charge >= 0.3 is 0 Å². The normalized spacial score (nSPS) is 13.7. The van der Waals surface area contributed by atoms with Crippen molar-refractivity contribution in [3.63, 3.8) is 0 Å². The molecule has 0 N–H and O–H groups in total. The standard InChI is InChI=1S/C24H20BrNO4S/c1-15-23(30-21-7-3-2-6-19(21)25)22(27)17-8-9-20-18(24(17)29-15)13-26(14-28-20)11-10-16-5-4-12-31-16/h2-9,12H,10-11,13-14H2,1H3. The molecule has 0 amide bonds. The highest BCUT2D eigenvalue weighted by atomic mass is 79.9. The molecule has 4 aromatic rings. The monoisotopic (exact) mass is 497 g/mol. The zero-order valence-electron chi connectivity index (χ0n) is 16.9. The first-order valence-corrected chi connectivity index (χ1v) is 11.7. The average Bonchev–Trinajstić information content (AvgIpc) is 3.30. The molecule has 31 heavy (non-hydrogen) atoms. The van der Waals surface area contributed by atoms with Crippen molar-refractivity contribution in [1.29, 1.82) is 0 Å². The Labute approximate surface area is 192 Å². The predicted octanol–water partition coefficient (Wildman–Crippen LogP) is 6.11. The van der Waals surface area contributed by atoms with Gasteiger partial charge in [0.2, 0.25) is 11.2 Å². The van der Waals surface area contributed by atoms with E-state index in [2.05, 4.69) is 38.3 Å². The first-order chi connectivity index (χ1) is 15.1. The van der Waals surface area contributed by atoms with Gasteiger partial charge in [0.15, 0.2) is 0 Å². The second kappa shape index (κ2) is 8.49. The van der Waals surface area contributed by atoms with Gasteiger partial charge in [0.05, 0.1) is 15.4 Å². The second-order valence-corrected chi connectivity index (χ2v) is 9.31. The van der Waals surface area contributed by atoms with Crippen LogP contribution in [0.1, 0.15) is 16.2 Å². The number of para-hydroxylation sites is 1. The summed E-state index contributed by atoms with van der Waals surface area (Å²) in [6.07, 6.45) is 0.966. The van der Waals surface area contributed by atoms with Gasteiger partial charge in [-0.3, -0.25) is 9.69 Å². The van der Waals surface area contributed by atoms with E-state index in [-0.39, 0.29) is 11.2 Å². The Kier molecular flexibility index (Phi) is 5.56. The topological polar surface area (TPSA) is 51.9 Å². The molecule has 0 bridgehead atoms. The number of hydrogen-bond acceptors (Lipinski definition) is 6. The minimum Gasteiger partial charge on any atom is -0.478 e. The molecular formula is C24H20BrNO4S. The number of aryl methyl sites for hydroxylation is 1. The summed E-state index contributed by atoms with van der Waals surface area (Å²) >= 11 is 5.22. The van der Waals surface area contributed by atoms with Gasteiger partial charge in [-0.15, -0.1) is 11.3 Å². The molecule has 158 valence electrons. The molecule has 7 heteroatoms. The fraction of sp³-hybridized carbons (Fsp3) is 0.208. The molecule has 5 rings (SSSR count). The molecule has 0 radical (unpaired) electrons. The zero-order chi connectivity index (χ0) is 21.4. The molecule has 0 fully saturated rings. The first kappa shape index (κ1) is 20.3. The van der Waals surface area contributed by atoms with Crippen LogP contribution >= 0.6 is 27.3 Å². The Morgan fingerprint density at radius 2 is 2.03 bits per heavy atom. The van der Waals surface area contributed by atoms with E-state index >= 15 is 0 Å². The van der Waals surface area contributed by atoms with E-state index in [1.54, 1.807) is 30.4 Å². The number of ether oxygens (including phenoxy) is 2. The largest absolute Gasteiger partial charge is 0.478 e. The quantitative estimate of drug-likeness (QED) is 0.332. The number of rotatable bonds is 5. The fourth-order valence-corrected chi connectivity index (χ4v) is 4.79. The number of nitrogens with zero attached hydrogens (tertiary/aromatic N) is 1. The maximum atomic E-state index is 13.3. The van der Waals surface area contributed by atoms with Crippen LogP contribution in [0.4, 0.5) is 0 Å². The second-order valence-electron chi connectivity index (χ2n) is 7.42. The van der Waals surface area contributed by atoms with Gasteiger partial charge in [-0.05, 0) is 65.0 Å². The molecule has 0 unspecified atom stereocenters. The molecule has 0 saturated heterocycles. The predicted molar refractivity (Wildman–Crippen MR) is 125 cm³/mol. The lowest BCUT2D eigenvalue weighted by atomic mass is 10.1. The van der Waals surface area contributed by atoms with E-state index in [9.17, 15) is 4.79 Å². The van der Waals surface area contributed by atoms with Crippen molar-refractivity contribution in [2.45, 2.75) is 19.9 Å². The molecule has 1 aliphatic heterocycles. The number of halogens is 1. The van der Waals surface area contributed by atoms with Crippen LogP contribution in [0.2, 0.25) is 0 Å². The molecule has 5 nitrogen and oxygen atoms in total. The van der Waals surface area contributed by atoms with Gasteiger partial charge in [-0.2, -0.15) is 0 Å². The molecule has 0 atom stereocenters. The van der Waals surface area contributed by atoms with Crippen molar-refractivity contribution >= 4 is 38.2 Å². The third-order valence-corrected chi connectivity index (χ3v) is 6.92. The molecule has 2 aromatic carbocycles. The van der Waals surface area contributed by atoms with Crippen molar-refractivity contribution < 1.29 is 13.9 Å². The average molecular weight is 498 g/mol. The minimum absolute atomic E-state index is 0.187. The van der Waals surface area contributed by atoms with Gasteiger partial charge in [-0.25, -0.2) is 0 Å². The SMILES string of the molecule is Cc1oc2c3c(ccc2c(=O)c1Oc1ccccc1Br)OCN(CCc1cccs1)C3. The highest BCUT2D eigenvalue weighted by Gasteiger charge is 2.24. The highest BCUT2D eigenvalue weighted by molar-refractivity contribution is 9.10. The zero-order valence-corrected chi connectivity index (χ0v) is 19.3. The summed E-state index contributed by atoms with van der Waals surface area (Å²) in [6, 6.07) is 15.2. The molecule has 0 saturated carbocycles. The Bertz CT molecular complexity index is 1300. The van der Waals surface area contributed by atoms with E-state index in [1.807, 2.05) is 24.3 Å². The maximum absolute atomic E-state index is 13.3. The van der Waals surface area contributed by atoms with Crippen LogP contribution < -0.4 is 14.9 Å². The van der Waals surface area contributed by atoms with Gasteiger partial charge in [0.1, 0.15) is 29.6 Å². The Hall–Kier alpha value is -2.61. The van der Waals surface area contributed by atoms with Crippen molar-refractivity contribution in [1.82, 2.24) is 4.90 Å². The smallest absolute Gasteiger partial charge is 0.235 e. The molecule has 2 aromatic heterocycles. The van der Waals surface area contributed by atoms with Crippen LogP contribution in [0, 0.1) is 6.92 Å². The number of fused-ring (bicyclic) bond motifs is 3. The van der Waals surface area contributed by atoms with Crippen LogP contribution in [0.5, 0.6) is 17.2 Å². The van der Waals surface area contributed by atoms with E-state index < -0.39 is 0 Å². The van der Waals surface area contributed by atoms with Crippen molar-refractivity contribution in [2.75, 3.05) is 13.3 Å². The first-order valence-electron chi connectivity index (χ1n) is 9.99. The number of thiophene rings is 1. The van der Waals surface area contributed by atoms with Gasteiger partial charge in [0.25, 0.3) is 0 Å². The molecule has 1 aliphatic rings. The summed E-state index contributed by atoms with van der Waals surface area (Å²) in [5.74, 6) is 1.98. The molecule has 3 heterocycles.